The largest absolute Gasteiger partial charge is 0.389 e. The Balaban J connectivity index is 1.43. The summed E-state index contributed by atoms with van der Waals surface area (Å²) in [7, 11) is 0. The predicted octanol–water partition coefficient (Wildman–Crippen LogP) is -0.460. The Kier molecular flexibility index (Phi) is 6.18. The molecule has 1 aromatic rings. The minimum atomic E-state index is -0.682. The maximum Gasteiger partial charge on any atom is 0.251 e. The summed E-state index contributed by atoms with van der Waals surface area (Å²) in [4.78, 5) is 29.2. The third-order valence-corrected chi connectivity index (χ3v) is 5.08. The number of aliphatic hydroxyl groups excluding tert-OH is 1. The van der Waals surface area contributed by atoms with Crippen molar-refractivity contribution in [3.05, 3.63) is 30.1 Å². The smallest absolute Gasteiger partial charge is 0.251 e. The summed E-state index contributed by atoms with van der Waals surface area (Å²) in [5.41, 5.74) is 0.527. The highest BCUT2D eigenvalue weighted by atomic mass is 16.5. The zero-order chi connectivity index (χ0) is 18.5. The van der Waals surface area contributed by atoms with E-state index in [2.05, 4.69) is 15.6 Å². The third-order valence-electron chi connectivity index (χ3n) is 5.08. The molecule has 3 heterocycles. The van der Waals surface area contributed by atoms with Crippen LogP contribution in [0.15, 0.2) is 24.5 Å². The monoisotopic (exact) mass is 362 g/mol. The van der Waals surface area contributed by atoms with Crippen molar-refractivity contribution in [1.29, 1.82) is 0 Å². The van der Waals surface area contributed by atoms with Crippen LogP contribution in [0.1, 0.15) is 30.1 Å². The van der Waals surface area contributed by atoms with Crippen molar-refractivity contribution in [2.24, 2.45) is 0 Å². The van der Waals surface area contributed by atoms with E-state index >= 15 is 0 Å². The first-order chi connectivity index (χ1) is 12.5. The Hall–Kier alpha value is -2.03. The van der Waals surface area contributed by atoms with E-state index in [-0.39, 0.29) is 30.4 Å². The minimum Gasteiger partial charge on any atom is -0.389 e. The Morgan fingerprint density at radius 3 is 2.65 bits per heavy atom. The minimum absolute atomic E-state index is 0.109. The second kappa shape index (κ2) is 8.57. The predicted molar refractivity (Wildman–Crippen MR) is 94.5 cm³/mol. The number of amides is 2. The van der Waals surface area contributed by atoms with Gasteiger partial charge in [0.25, 0.3) is 5.91 Å². The van der Waals surface area contributed by atoms with Crippen molar-refractivity contribution in [2.45, 2.75) is 44.1 Å². The first-order valence-corrected chi connectivity index (χ1v) is 9.04. The van der Waals surface area contributed by atoms with Crippen LogP contribution in [0.2, 0.25) is 0 Å². The average molecular weight is 362 g/mol. The summed E-state index contributed by atoms with van der Waals surface area (Å²) in [5, 5.41) is 16.7. The van der Waals surface area contributed by atoms with Crippen molar-refractivity contribution >= 4 is 11.8 Å². The standard InChI is InChI=1S/C18H26N4O4/c1-12(23)22-8-4-14(5-9-22)21-15-11-26-16(17(15)24)10-20-18(25)13-2-6-19-7-3-13/h2-3,6-7,14-17,21,24H,4-5,8-11H2,1H3,(H,20,25). The molecule has 142 valence electrons. The van der Waals surface area contributed by atoms with Crippen LogP contribution < -0.4 is 10.6 Å². The molecule has 1 aromatic heterocycles. The lowest BCUT2D eigenvalue weighted by Crippen LogP contribution is -2.51. The number of pyridine rings is 1. The van der Waals surface area contributed by atoms with Crippen LogP contribution >= 0.6 is 0 Å². The number of nitrogens with one attached hydrogen (secondary N) is 2. The molecule has 0 saturated carbocycles. The SMILES string of the molecule is CC(=O)N1CCC(NC2COC(CNC(=O)c3ccncc3)C2O)CC1. The molecule has 0 spiro atoms. The summed E-state index contributed by atoms with van der Waals surface area (Å²) < 4.78 is 5.66. The van der Waals surface area contributed by atoms with Gasteiger partial charge in [0, 0.05) is 50.6 Å². The fourth-order valence-corrected chi connectivity index (χ4v) is 3.47. The molecule has 2 amide bonds. The van der Waals surface area contributed by atoms with Crippen LogP contribution in [0.4, 0.5) is 0 Å². The second-order valence-electron chi connectivity index (χ2n) is 6.86. The highest BCUT2D eigenvalue weighted by Crippen LogP contribution is 2.18. The number of ether oxygens (including phenoxy) is 1. The molecule has 2 saturated heterocycles. The Morgan fingerprint density at radius 2 is 2.00 bits per heavy atom. The average Bonchev–Trinajstić information content (AvgIpc) is 3.00. The molecule has 0 bridgehead atoms. The van der Waals surface area contributed by atoms with Crippen LogP contribution in [0.3, 0.4) is 0 Å². The van der Waals surface area contributed by atoms with Crippen LogP contribution in [0, 0.1) is 0 Å². The molecule has 2 aliphatic heterocycles. The van der Waals surface area contributed by atoms with Gasteiger partial charge in [-0.15, -0.1) is 0 Å². The lowest BCUT2D eigenvalue weighted by Gasteiger charge is -2.33. The number of hydrogen-bond acceptors (Lipinski definition) is 6. The van der Waals surface area contributed by atoms with Gasteiger partial charge in [0.15, 0.2) is 0 Å². The quantitative estimate of drug-likeness (QED) is 0.655. The van der Waals surface area contributed by atoms with Crippen LogP contribution in [-0.2, 0) is 9.53 Å². The molecule has 3 N–H and O–H groups in total. The van der Waals surface area contributed by atoms with Crippen molar-refractivity contribution < 1.29 is 19.4 Å². The number of aromatic nitrogens is 1. The van der Waals surface area contributed by atoms with Crippen LogP contribution in [-0.4, -0.2) is 77.3 Å². The number of nitrogens with zero attached hydrogens (tertiary/aromatic N) is 2. The molecule has 0 aromatic carbocycles. The number of hydrogen-bond donors (Lipinski definition) is 3. The molecule has 3 atom stereocenters. The molecule has 3 rings (SSSR count). The van der Waals surface area contributed by atoms with Gasteiger partial charge in [-0.25, -0.2) is 0 Å². The zero-order valence-corrected chi connectivity index (χ0v) is 14.9. The van der Waals surface area contributed by atoms with Gasteiger partial charge in [-0.05, 0) is 25.0 Å². The van der Waals surface area contributed by atoms with E-state index in [4.69, 9.17) is 4.74 Å². The molecule has 2 aliphatic rings. The van der Waals surface area contributed by atoms with Gasteiger partial charge in [0.2, 0.25) is 5.91 Å². The van der Waals surface area contributed by atoms with Gasteiger partial charge in [0.05, 0.1) is 18.8 Å². The van der Waals surface area contributed by atoms with Gasteiger partial charge in [-0.1, -0.05) is 0 Å². The Bertz CT molecular complexity index is 619. The number of rotatable bonds is 5. The number of piperidine rings is 1. The number of likely N-dealkylation sites (tertiary alicyclic amines) is 1. The maximum atomic E-state index is 12.1. The van der Waals surface area contributed by atoms with Crippen LogP contribution in [0.5, 0.6) is 0 Å². The summed E-state index contributed by atoms with van der Waals surface area (Å²) in [6.45, 7) is 3.73. The van der Waals surface area contributed by atoms with Crippen molar-refractivity contribution in [2.75, 3.05) is 26.2 Å². The van der Waals surface area contributed by atoms with E-state index in [1.165, 1.54) is 0 Å². The molecular weight excluding hydrogens is 336 g/mol. The molecule has 3 unspecified atom stereocenters. The van der Waals surface area contributed by atoms with Crippen molar-refractivity contribution in [1.82, 2.24) is 20.5 Å². The van der Waals surface area contributed by atoms with E-state index in [1.54, 1.807) is 31.5 Å². The fourth-order valence-electron chi connectivity index (χ4n) is 3.47. The number of aliphatic hydroxyl groups is 1. The van der Waals surface area contributed by atoms with Gasteiger partial charge in [-0.3, -0.25) is 14.6 Å². The molecule has 0 radical (unpaired) electrons. The topological polar surface area (TPSA) is 104 Å². The molecule has 8 nitrogen and oxygen atoms in total. The van der Waals surface area contributed by atoms with Gasteiger partial charge >= 0.3 is 0 Å². The van der Waals surface area contributed by atoms with Crippen molar-refractivity contribution in [3.63, 3.8) is 0 Å². The van der Waals surface area contributed by atoms with E-state index in [9.17, 15) is 14.7 Å². The Labute approximate surface area is 152 Å². The maximum absolute atomic E-state index is 12.1. The van der Waals surface area contributed by atoms with E-state index < -0.39 is 12.2 Å². The first kappa shape index (κ1) is 18.8. The summed E-state index contributed by atoms with van der Waals surface area (Å²) in [6, 6.07) is 3.38. The first-order valence-electron chi connectivity index (χ1n) is 9.04. The fraction of sp³-hybridized carbons (Fsp3) is 0.611. The van der Waals surface area contributed by atoms with Gasteiger partial charge < -0.3 is 25.4 Å². The molecule has 2 fully saturated rings. The summed E-state index contributed by atoms with van der Waals surface area (Å²) in [5.74, 6) is -0.103. The molecule has 8 heteroatoms. The third kappa shape index (κ3) is 4.57. The molecule has 26 heavy (non-hydrogen) atoms. The number of carbonyl (C=O) groups is 2. The van der Waals surface area contributed by atoms with E-state index in [0.717, 1.165) is 25.9 Å². The molecular formula is C18H26N4O4. The lowest BCUT2D eigenvalue weighted by atomic mass is 10.0. The highest BCUT2D eigenvalue weighted by Gasteiger charge is 2.37. The lowest BCUT2D eigenvalue weighted by molar-refractivity contribution is -0.129. The molecule has 0 aliphatic carbocycles. The normalized spacial score (nSPS) is 26.7. The van der Waals surface area contributed by atoms with E-state index in [1.807, 2.05) is 4.90 Å². The Morgan fingerprint density at radius 1 is 1.31 bits per heavy atom. The summed E-state index contributed by atoms with van der Waals surface area (Å²) in [6.07, 6.45) is 3.74. The zero-order valence-electron chi connectivity index (χ0n) is 14.9. The van der Waals surface area contributed by atoms with Gasteiger partial charge in [-0.2, -0.15) is 0 Å². The number of carbonyl (C=O) groups excluding carboxylic acids is 2. The van der Waals surface area contributed by atoms with E-state index in [0.29, 0.717) is 12.2 Å². The second-order valence-corrected chi connectivity index (χ2v) is 6.86. The van der Waals surface area contributed by atoms with Crippen LogP contribution in [0.25, 0.3) is 0 Å². The summed E-state index contributed by atoms with van der Waals surface area (Å²) >= 11 is 0. The highest BCUT2D eigenvalue weighted by molar-refractivity contribution is 5.93. The van der Waals surface area contributed by atoms with Crippen molar-refractivity contribution in [3.8, 4) is 0 Å². The van der Waals surface area contributed by atoms with Gasteiger partial charge in [0.1, 0.15) is 6.10 Å².